The lowest BCUT2D eigenvalue weighted by Crippen LogP contribution is -2.21. The Morgan fingerprint density at radius 1 is 1.27 bits per heavy atom. The van der Waals surface area contributed by atoms with Gasteiger partial charge in [0.25, 0.3) is 5.91 Å². The van der Waals surface area contributed by atoms with Gasteiger partial charge in [0.15, 0.2) is 6.61 Å². The zero-order chi connectivity index (χ0) is 11.3. The smallest absolute Gasteiger partial charge is 0.310 e. The summed E-state index contributed by atoms with van der Waals surface area (Å²) in [6.45, 7) is -0.406. The Balaban J connectivity index is 2.44. The molecule has 5 heteroatoms. The van der Waals surface area contributed by atoms with Gasteiger partial charge in [0.1, 0.15) is 5.75 Å². The van der Waals surface area contributed by atoms with Crippen molar-refractivity contribution in [3.8, 4) is 5.75 Å². The van der Waals surface area contributed by atoms with Crippen molar-refractivity contribution >= 4 is 11.9 Å². The summed E-state index contributed by atoms with van der Waals surface area (Å²) in [6, 6.07) is 6.13. The van der Waals surface area contributed by atoms with Crippen molar-refractivity contribution < 1.29 is 19.4 Å². The molecule has 0 heterocycles. The van der Waals surface area contributed by atoms with Crippen LogP contribution in [-0.4, -0.2) is 23.6 Å². The van der Waals surface area contributed by atoms with E-state index in [4.69, 9.17) is 10.8 Å². The predicted octanol–water partition coefficient (Wildman–Crippen LogP) is -0.0368. The molecule has 80 valence electrons. The molecule has 0 spiro atoms. The van der Waals surface area contributed by atoms with Crippen molar-refractivity contribution in [3.63, 3.8) is 0 Å². The summed E-state index contributed by atoms with van der Waals surface area (Å²) < 4.78 is 4.56. The number of carbonyl (C=O) groups is 2. The average Bonchev–Trinajstić information content (AvgIpc) is 2.19. The molecule has 3 N–H and O–H groups in total. The van der Waals surface area contributed by atoms with Crippen LogP contribution in [0.2, 0.25) is 0 Å². The molecule has 15 heavy (non-hydrogen) atoms. The van der Waals surface area contributed by atoms with Gasteiger partial charge in [-0.05, 0) is 17.7 Å². The van der Waals surface area contributed by atoms with Gasteiger partial charge in [-0.1, -0.05) is 12.1 Å². The SMILES string of the molecule is NC(=O)COC(=O)Cc1ccc(O)cc1. The number of hydrogen-bond acceptors (Lipinski definition) is 4. The van der Waals surface area contributed by atoms with E-state index in [9.17, 15) is 9.59 Å². The molecule has 0 saturated heterocycles. The van der Waals surface area contributed by atoms with Crippen LogP contribution in [0.5, 0.6) is 5.75 Å². The fraction of sp³-hybridized carbons (Fsp3) is 0.200. The number of ether oxygens (including phenoxy) is 1. The lowest BCUT2D eigenvalue weighted by molar-refractivity contribution is -0.147. The van der Waals surface area contributed by atoms with Crippen LogP contribution in [-0.2, 0) is 20.7 Å². The first-order valence-corrected chi connectivity index (χ1v) is 4.30. The minimum Gasteiger partial charge on any atom is -0.508 e. The molecule has 0 bridgehead atoms. The summed E-state index contributed by atoms with van der Waals surface area (Å²) >= 11 is 0. The highest BCUT2D eigenvalue weighted by atomic mass is 16.5. The molecule has 0 fully saturated rings. The molecular formula is C10H11NO4. The second-order valence-corrected chi connectivity index (χ2v) is 2.97. The van der Waals surface area contributed by atoms with Crippen molar-refractivity contribution in [1.29, 1.82) is 0 Å². The highest BCUT2D eigenvalue weighted by Gasteiger charge is 2.06. The molecule has 1 aromatic rings. The fourth-order valence-electron chi connectivity index (χ4n) is 0.983. The van der Waals surface area contributed by atoms with Gasteiger partial charge < -0.3 is 15.6 Å². The van der Waals surface area contributed by atoms with E-state index in [1.165, 1.54) is 12.1 Å². The van der Waals surface area contributed by atoms with Gasteiger partial charge in [0.05, 0.1) is 6.42 Å². The van der Waals surface area contributed by atoms with E-state index in [2.05, 4.69) is 4.74 Å². The molecule has 0 aliphatic heterocycles. The van der Waals surface area contributed by atoms with E-state index in [-0.39, 0.29) is 12.2 Å². The van der Waals surface area contributed by atoms with Crippen LogP contribution in [0.1, 0.15) is 5.56 Å². The first kappa shape index (κ1) is 11.0. The van der Waals surface area contributed by atoms with Gasteiger partial charge in [0.2, 0.25) is 0 Å². The number of aromatic hydroxyl groups is 1. The highest BCUT2D eigenvalue weighted by molar-refractivity contribution is 5.79. The Kier molecular flexibility index (Phi) is 3.68. The van der Waals surface area contributed by atoms with Crippen molar-refractivity contribution in [2.75, 3.05) is 6.61 Å². The zero-order valence-corrected chi connectivity index (χ0v) is 7.97. The summed E-state index contributed by atoms with van der Waals surface area (Å²) in [5, 5.41) is 8.99. The molecule has 5 nitrogen and oxygen atoms in total. The monoisotopic (exact) mass is 209 g/mol. The number of nitrogens with two attached hydrogens (primary N) is 1. The third-order valence-electron chi connectivity index (χ3n) is 1.66. The van der Waals surface area contributed by atoms with Gasteiger partial charge in [0, 0.05) is 0 Å². The molecule has 1 rings (SSSR count). The Morgan fingerprint density at radius 3 is 2.40 bits per heavy atom. The molecule has 0 atom stereocenters. The van der Waals surface area contributed by atoms with Crippen molar-refractivity contribution in [3.05, 3.63) is 29.8 Å². The summed E-state index contributed by atoms with van der Waals surface area (Å²) in [5.41, 5.74) is 5.50. The summed E-state index contributed by atoms with van der Waals surface area (Å²) in [4.78, 5) is 21.4. The number of hydrogen-bond donors (Lipinski definition) is 2. The van der Waals surface area contributed by atoms with Crippen LogP contribution < -0.4 is 5.73 Å². The first-order valence-electron chi connectivity index (χ1n) is 4.30. The average molecular weight is 209 g/mol. The topological polar surface area (TPSA) is 89.6 Å². The molecule has 0 aliphatic carbocycles. The second kappa shape index (κ2) is 4.99. The predicted molar refractivity (Wildman–Crippen MR) is 52.0 cm³/mol. The maximum Gasteiger partial charge on any atom is 0.310 e. The van der Waals surface area contributed by atoms with E-state index in [1.807, 2.05) is 0 Å². The van der Waals surface area contributed by atoms with Crippen molar-refractivity contribution in [1.82, 2.24) is 0 Å². The Bertz CT molecular complexity index is 358. The number of rotatable bonds is 4. The van der Waals surface area contributed by atoms with Crippen LogP contribution >= 0.6 is 0 Å². The van der Waals surface area contributed by atoms with Crippen LogP contribution in [0, 0.1) is 0 Å². The Hall–Kier alpha value is -2.04. The van der Waals surface area contributed by atoms with E-state index >= 15 is 0 Å². The van der Waals surface area contributed by atoms with Gasteiger partial charge in [-0.2, -0.15) is 0 Å². The minimum atomic E-state index is -0.686. The molecule has 1 aromatic carbocycles. The third-order valence-corrected chi connectivity index (χ3v) is 1.66. The lowest BCUT2D eigenvalue weighted by atomic mass is 10.1. The first-order chi connectivity index (χ1) is 7.08. The van der Waals surface area contributed by atoms with Crippen LogP contribution in [0.3, 0.4) is 0 Å². The lowest BCUT2D eigenvalue weighted by Gasteiger charge is -2.02. The number of carbonyl (C=O) groups excluding carboxylic acids is 2. The number of phenolic OH excluding ortho intramolecular Hbond substituents is 1. The fourth-order valence-corrected chi connectivity index (χ4v) is 0.983. The Morgan fingerprint density at radius 2 is 1.87 bits per heavy atom. The van der Waals surface area contributed by atoms with Crippen LogP contribution in [0.25, 0.3) is 0 Å². The number of primary amides is 1. The maximum absolute atomic E-state index is 11.1. The molecular weight excluding hydrogens is 198 g/mol. The van der Waals surface area contributed by atoms with Gasteiger partial charge in [-0.15, -0.1) is 0 Å². The molecule has 0 unspecified atom stereocenters. The number of benzene rings is 1. The number of amides is 1. The summed E-state index contributed by atoms with van der Waals surface area (Å²) in [6.07, 6.45) is 0.0492. The largest absolute Gasteiger partial charge is 0.508 e. The van der Waals surface area contributed by atoms with Crippen LogP contribution in [0.15, 0.2) is 24.3 Å². The van der Waals surface area contributed by atoms with Crippen LogP contribution in [0.4, 0.5) is 0 Å². The van der Waals surface area contributed by atoms with E-state index < -0.39 is 18.5 Å². The summed E-state index contributed by atoms with van der Waals surface area (Å²) in [5.74, 6) is -1.09. The molecule has 0 saturated carbocycles. The van der Waals surface area contributed by atoms with Gasteiger partial charge in [-0.25, -0.2) is 0 Å². The minimum absolute atomic E-state index is 0.0492. The third kappa shape index (κ3) is 4.12. The molecule has 1 amide bonds. The standard InChI is InChI=1S/C10H11NO4/c11-9(13)6-15-10(14)5-7-1-3-8(12)4-2-7/h1-4,12H,5-6H2,(H2,11,13). The zero-order valence-electron chi connectivity index (χ0n) is 7.97. The summed E-state index contributed by atoms with van der Waals surface area (Å²) in [7, 11) is 0. The quantitative estimate of drug-likeness (QED) is 0.681. The van der Waals surface area contributed by atoms with Crippen molar-refractivity contribution in [2.45, 2.75) is 6.42 Å². The normalized spacial score (nSPS) is 9.60. The number of esters is 1. The maximum atomic E-state index is 11.1. The Labute approximate surface area is 86.5 Å². The molecule has 0 aromatic heterocycles. The molecule has 0 radical (unpaired) electrons. The van der Waals surface area contributed by atoms with Gasteiger partial charge >= 0.3 is 5.97 Å². The van der Waals surface area contributed by atoms with Crippen molar-refractivity contribution in [2.24, 2.45) is 5.73 Å². The number of phenols is 1. The highest BCUT2D eigenvalue weighted by Crippen LogP contribution is 2.10. The van der Waals surface area contributed by atoms with Gasteiger partial charge in [-0.3, -0.25) is 9.59 Å². The second-order valence-electron chi connectivity index (χ2n) is 2.97. The van der Waals surface area contributed by atoms with E-state index in [0.717, 1.165) is 0 Å². The van der Waals surface area contributed by atoms with E-state index in [0.29, 0.717) is 5.56 Å². The molecule has 0 aliphatic rings. The van der Waals surface area contributed by atoms with E-state index in [1.54, 1.807) is 12.1 Å².